The maximum atomic E-state index is 6.34. The molecule has 1 saturated heterocycles. The van der Waals surface area contributed by atoms with Gasteiger partial charge >= 0.3 is 7.12 Å². The molecule has 1 aromatic rings. The Balaban J connectivity index is 1.70. The predicted molar refractivity (Wildman–Crippen MR) is 100 cm³/mol. The third-order valence-electron chi connectivity index (χ3n) is 6.46. The lowest BCUT2D eigenvalue weighted by Crippen LogP contribution is -2.47. The molecule has 4 heteroatoms. The number of hydrogen-bond donors (Lipinski definition) is 0. The van der Waals surface area contributed by atoms with Gasteiger partial charge in [-0.3, -0.25) is 0 Å². The Morgan fingerprint density at radius 2 is 1.57 bits per heavy atom. The highest BCUT2D eigenvalue weighted by molar-refractivity contribution is 6.79. The topological polar surface area (TPSA) is 18.5 Å². The Bertz CT molecular complexity index is 540. The average molecular weight is 330 g/mol. The number of benzene rings is 1. The average Bonchev–Trinajstić information content (AvgIpc) is 2.56. The smallest absolute Gasteiger partial charge is 0.403 e. The minimum absolute atomic E-state index is 0.0127. The predicted octanol–water partition coefficient (Wildman–Crippen LogP) is 5.10. The second kappa shape index (κ2) is 5.75. The van der Waals surface area contributed by atoms with Gasteiger partial charge in [0.2, 0.25) is 0 Å². The summed E-state index contributed by atoms with van der Waals surface area (Å²) < 4.78 is 12.7. The summed E-state index contributed by atoms with van der Waals surface area (Å²) in [6.07, 6.45) is 2.60. The summed E-state index contributed by atoms with van der Waals surface area (Å²) in [6.45, 7) is 13.7. The van der Waals surface area contributed by atoms with Crippen molar-refractivity contribution in [2.45, 2.75) is 82.2 Å². The van der Waals surface area contributed by atoms with E-state index in [0.29, 0.717) is 5.82 Å². The fraction of sp³-hybridized carbons (Fsp3) is 0.684. The second-order valence-electron chi connectivity index (χ2n) is 9.12. The Morgan fingerprint density at radius 3 is 2.04 bits per heavy atom. The van der Waals surface area contributed by atoms with E-state index in [-0.39, 0.29) is 18.3 Å². The first kappa shape index (κ1) is 17.3. The molecule has 2 fully saturated rings. The molecule has 126 valence electrons. The van der Waals surface area contributed by atoms with E-state index in [4.69, 9.17) is 9.31 Å². The van der Waals surface area contributed by atoms with E-state index in [0.717, 1.165) is 5.54 Å². The van der Waals surface area contributed by atoms with Crippen LogP contribution in [0.15, 0.2) is 30.3 Å². The zero-order valence-corrected chi connectivity index (χ0v) is 16.6. The monoisotopic (exact) mass is 330 g/mol. The molecule has 2 atom stereocenters. The largest absolute Gasteiger partial charge is 0.461 e. The summed E-state index contributed by atoms with van der Waals surface area (Å²) in [5.41, 5.74) is 1.88. The van der Waals surface area contributed by atoms with Crippen LogP contribution in [0.2, 0.25) is 24.5 Å². The fourth-order valence-electron chi connectivity index (χ4n) is 4.14. The Morgan fingerprint density at radius 1 is 1.00 bits per heavy atom. The first-order valence-corrected chi connectivity index (χ1v) is 12.3. The van der Waals surface area contributed by atoms with E-state index < -0.39 is 8.07 Å². The van der Waals surface area contributed by atoms with Crippen LogP contribution < -0.4 is 0 Å². The molecule has 0 aromatic heterocycles. The molecule has 0 spiro atoms. The molecule has 0 amide bonds. The molecular formula is C19H31BO2Si. The van der Waals surface area contributed by atoms with Gasteiger partial charge in [0, 0.05) is 0 Å². The fourth-order valence-corrected chi connectivity index (χ4v) is 8.12. The van der Waals surface area contributed by atoms with Gasteiger partial charge in [-0.25, -0.2) is 0 Å². The molecule has 0 unspecified atom stereocenters. The molecule has 1 aliphatic heterocycles. The van der Waals surface area contributed by atoms with Crippen LogP contribution in [0.4, 0.5) is 0 Å². The highest BCUT2D eigenvalue weighted by Crippen LogP contribution is 2.56. The van der Waals surface area contributed by atoms with Crippen LogP contribution in [-0.2, 0) is 15.4 Å². The van der Waals surface area contributed by atoms with Gasteiger partial charge in [-0.1, -0.05) is 61.8 Å². The van der Waals surface area contributed by atoms with E-state index >= 15 is 0 Å². The highest BCUT2D eigenvalue weighted by Gasteiger charge is 2.58. The summed E-state index contributed by atoms with van der Waals surface area (Å²) in [5.74, 6) is 0.585. The Kier molecular flexibility index (Phi) is 4.31. The van der Waals surface area contributed by atoms with Crippen molar-refractivity contribution < 1.29 is 9.31 Å². The quantitative estimate of drug-likeness (QED) is 0.715. The van der Waals surface area contributed by atoms with Gasteiger partial charge in [0.15, 0.2) is 0 Å². The van der Waals surface area contributed by atoms with Crippen LogP contribution >= 0.6 is 0 Å². The third-order valence-corrected chi connectivity index (χ3v) is 10.5. The van der Waals surface area contributed by atoms with E-state index in [1.165, 1.54) is 24.4 Å². The maximum Gasteiger partial charge on any atom is 0.461 e. The number of rotatable bonds is 4. The van der Waals surface area contributed by atoms with Gasteiger partial charge in [-0.05, 0) is 45.1 Å². The second-order valence-corrected chi connectivity index (χ2v) is 14.2. The van der Waals surface area contributed by atoms with Gasteiger partial charge in [0.1, 0.15) is 0 Å². The molecule has 0 radical (unpaired) electrons. The van der Waals surface area contributed by atoms with Gasteiger partial charge in [0.05, 0.1) is 19.3 Å². The lowest BCUT2D eigenvalue weighted by Gasteiger charge is -2.46. The Labute approximate surface area is 143 Å². The molecule has 1 aromatic carbocycles. The molecule has 1 saturated carbocycles. The van der Waals surface area contributed by atoms with E-state index in [1.807, 2.05) is 0 Å². The van der Waals surface area contributed by atoms with Crippen LogP contribution in [0.25, 0.3) is 0 Å². The molecule has 2 aliphatic rings. The van der Waals surface area contributed by atoms with Gasteiger partial charge < -0.3 is 9.31 Å². The Hall–Kier alpha value is -0.578. The van der Waals surface area contributed by atoms with Gasteiger partial charge in [-0.15, -0.1) is 0 Å². The van der Waals surface area contributed by atoms with Crippen molar-refractivity contribution in [3.8, 4) is 0 Å². The standard InChI is InChI=1S/C19H31BO2Si/c1-18(2)19(3,4)22-20(21-18)16-12-13-17(16)23(5,6)14-15-10-8-7-9-11-15/h7-11,16-17H,12-14H2,1-6H3/t16-,17+/m1/s1. The van der Waals surface area contributed by atoms with Crippen molar-refractivity contribution in [2.24, 2.45) is 0 Å². The van der Waals surface area contributed by atoms with Gasteiger partial charge in [0.25, 0.3) is 0 Å². The van der Waals surface area contributed by atoms with Crippen molar-refractivity contribution >= 4 is 15.2 Å². The van der Waals surface area contributed by atoms with Gasteiger partial charge in [-0.2, -0.15) is 0 Å². The summed E-state index contributed by atoms with van der Waals surface area (Å²) in [6, 6.07) is 12.2. The summed E-state index contributed by atoms with van der Waals surface area (Å²) in [7, 11) is -1.36. The van der Waals surface area contributed by atoms with Crippen molar-refractivity contribution in [2.75, 3.05) is 0 Å². The molecule has 2 nitrogen and oxygen atoms in total. The van der Waals surface area contributed by atoms with Crippen LogP contribution in [0.5, 0.6) is 0 Å². The molecule has 1 heterocycles. The zero-order chi connectivity index (χ0) is 16.9. The normalized spacial score (nSPS) is 29.4. The zero-order valence-electron chi connectivity index (χ0n) is 15.6. The minimum Gasteiger partial charge on any atom is -0.403 e. The molecule has 0 N–H and O–H groups in total. The van der Waals surface area contributed by atoms with Crippen molar-refractivity contribution in [3.63, 3.8) is 0 Å². The SMILES string of the molecule is CC1(C)OB([C@@H]2CC[C@@H]2[Si](C)(C)Cc2ccccc2)OC1(C)C. The lowest BCUT2D eigenvalue weighted by atomic mass is 9.60. The highest BCUT2D eigenvalue weighted by atomic mass is 28.3. The molecule has 1 aliphatic carbocycles. The van der Waals surface area contributed by atoms with Crippen molar-refractivity contribution in [1.82, 2.24) is 0 Å². The molecule has 3 rings (SSSR count). The molecule has 0 bridgehead atoms. The third kappa shape index (κ3) is 3.18. The maximum absolute atomic E-state index is 6.34. The van der Waals surface area contributed by atoms with E-state index in [1.54, 1.807) is 0 Å². The van der Waals surface area contributed by atoms with E-state index in [2.05, 4.69) is 71.1 Å². The molecule has 23 heavy (non-hydrogen) atoms. The van der Waals surface area contributed by atoms with Crippen LogP contribution in [-0.4, -0.2) is 26.4 Å². The minimum atomic E-state index is -1.34. The number of hydrogen-bond acceptors (Lipinski definition) is 2. The molecular weight excluding hydrogens is 299 g/mol. The summed E-state index contributed by atoms with van der Waals surface area (Å²) >= 11 is 0. The van der Waals surface area contributed by atoms with Crippen LogP contribution in [0, 0.1) is 0 Å². The first-order chi connectivity index (χ1) is 10.6. The van der Waals surface area contributed by atoms with Crippen molar-refractivity contribution in [1.29, 1.82) is 0 Å². The summed E-state index contributed by atoms with van der Waals surface area (Å²) in [4.78, 5) is 0. The summed E-state index contributed by atoms with van der Waals surface area (Å²) in [5, 5.41) is 0. The lowest BCUT2D eigenvalue weighted by molar-refractivity contribution is 0.00578. The first-order valence-electron chi connectivity index (χ1n) is 9.02. The van der Waals surface area contributed by atoms with Crippen LogP contribution in [0.3, 0.4) is 0 Å². The van der Waals surface area contributed by atoms with Crippen molar-refractivity contribution in [3.05, 3.63) is 35.9 Å². The van der Waals surface area contributed by atoms with E-state index in [9.17, 15) is 0 Å². The van der Waals surface area contributed by atoms with Crippen LogP contribution in [0.1, 0.15) is 46.1 Å².